The molecule has 7 nitrogen and oxygen atoms in total. The minimum absolute atomic E-state index is 0.0942. The molecule has 2 fully saturated rings. The van der Waals surface area contributed by atoms with Crippen LogP contribution in [0.15, 0.2) is 18.6 Å². The summed E-state index contributed by atoms with van der Waals surface area (Å²) < 4.78 is 2.14. The van der Waals surface area contributed by atoms with Crippen molar-refractivity contribution in [3.8, 4) is 0 Å². The quantitative estimate of drug-likeness (QED) is 0.921. The zero-order chi connectivity index (χ0) is 17.4. The van der Waals surface area contributed by atoms with Crippen LogP contribution >= 0.6 is 0 Å². The van der Waals surface area contributed by atoms with E-state index in [0.29, 0.717) is 31.1 Å². The third kappa shape index (κ3) is 2.99. The van der Waals surface area contributed by atoms with Crippen LogP contribution in [0.3, 0.4) is 0 Å². The number of rotatable bonds is 4. The molecule has 132 valence electrons. The Labute approximate surface area is 146 Å². The van der Waals surface area contributed by atoms with Gasteiger partial charge in [-0.25, -0.2) is 9.97 Å². The molecule has 25 heavy (non-hydrogen) atoms. The van der Waals surface area contributed by atoms with E-state index in [0.717, 1.165) is 11.2 Å². The molecular formula is C18H23N5O2. The van der Waals surface area contributed by atoms with E-state index in [1.54, 1.807) is 17.2 Å². The molecule has 0 aromatic carbocycles. The fourth-order valence-electron chi connectivity index (χ4n) is 3.94. The molecule has 1 atom stereocenters. The Morgan fingerprint density at radius 1 is 1.32 bits per heavy atom. The van der Waals surface area contributed by atoms with Gasteiger partial charge in [0.05, 0.1) is 17.9 Å². The van der Waals surface area contributed by atoms with Crippen molar-refractivity contribution in [3.63, 3.8) is 0 Å². The summed E-state index contributed by atoms with van der Waals surface area (Å²) >= 11 is 0. The van der Waals surface area contributed by atoms with Gasteiger partial charge < -0.3 is 14.8 Å². The van der Waals surface area contributed by atoms with E-state index in [2.05, 4.69) is 19.9 Å². The molecule has 1 saturated heterocycles. The highest BCUT2D eigenvalue weighted by Crippen LogP contribution is 2.31. The Kier molecular flexibility index (Phi) is 4.15. The van der Waals surface area contributed by atoms with Crippen LogP contribution < -0.4 is 5.32 Å². The van der Waals surface area contributed by atoms with E-state index < -0.39 is 0 Å². The lowest BCUT2D eigenvalue weighted by molar-refractivity contribution is -0.127. The molecule has 2 amide bonds. The monoisotopic (exact) mass is 341 g/mol. The number of likely N-dealkylation sites (tertiary alicyclic amines) is 1. The van der Waals surface area contributed by atoms with Gasteiger partial charge in [-0.3, -0.25) is 9.59 Å². The molecule has 2 aromatic heterocycles. The summed E-state index contributed by atoms with van der Waals surface area (Å²) in [5.41, 5.74) is 2.08. The Bertz CT molecular complexity index is 809. The van der Waals surface area contributed by atoms with Gasteiger partial charge in [0.15, 0.2) is 5.65 Å². The number of nitrogens with zero attached hydrogens (tertiary/aromatic N) is 4. The van der Waals surface area contributed by atoms with Crippen LogP contribution in [0.2, 0.25) is 0 Å². The number of amides is 2. The summed E-state index contributed by atoms with van der Waals surface area (Å²) in [5, 5.41) is 2.94. The van der Waals surface area contributed by atoms with Crippen LogP contribution in [0.5, 0.6) is 0 Å². The first-order chi connectivity index (χ1) is 12.2. The molecular weight excluding hydrogens is 318 g/mol. The normalized spacial score (nSPS) is 21.4. The second kappa shape index (κ2) is 6.46. The molecule has 7 heteroatoms. The standard InChI is InChI=1S/C18H23N5O2/c1-2-22-10-13(8-16(22)24)21-18(25)12-7-15-17(19-9-12)23(11-20-15)14-5-3-4-6-14/h7,9,11,13-14H,2-6,8,10H2,1H3,(H,21,25). The van der Waals surface area contributed by atoms with Crippen LogP contribution in [0.25, 0.3) is 11.2 Å². The van der Waals surface area contributed by atoms with Gasteiger partial charge in [0.2, 0.25) is 5.91 Å². The number of likely N-dealkylation sites (N-methyl/N-ethyl adjacent to an activating group) is 1. The second-order valence-electron chi connectivity index (χ2n) is 6.96. The van der Waals surface area contributed by atoms with Crippen molar-refractivity contribution < 1.29 is 9.59 Å². The molecule has 2 aliphatic rings. The lowest BCUT2D eigenvalue weighted by atomic mass is 10.2. The van der Waals surface area contributed by atoms with E-state index in [9.17, 15) is 9.59 Å². The van der Waals surface area contributed by atoms with Crippen LogP contribution in [-0.2, 0) is 4.79 Å². The maximum atomic E-state index is 12.5. The zero-order valence-electron chi connectivity index (χ0n) is 14.4. The minimum atomic E-state index is -0.194. The number of hydrogen-bond acceptors (Lipinski definition) is 4. The van der Waals surface area contributed by atoms with Gasteiger partial charge in [0.25, 0.3) is 5.91 Å². The van der Waals surface area contributed by atoms with Gasteiger partial charge in [0.1, 0.15) is 5.52 Å². The van der Waals surface area contributed by atoms with Crippen molar-refractivity contribution in [2.45, 2.75) is 51.1 Å². The zero-order valence-corrected chi connectivity index (χ0v) is 14.4. The van der Waals surface area contributed by atoms with Crippen LogP contribution in [0, 0.1) is 0 Å². The summed E-state index contributed by atoms with van der Waals surface area (Å²) in [6.07, 6.45) is 8.65. The summed E-state index contributed by atoms with van der Waals surface area (Å²) in [6, 6.07) is 2.13. The maximum absolute atomic E-state index is 12.5. The summed E-state index contributed by atoms with van der Waals surface area (Å²) in [6.45, 7) is 3.20. The molecule has 1 N–H and O–H groups in total. The molecule has 3 heterocycles. The fourth-order valence-corrected chi connectivity index (χ4v) is 3.94. The molecule has 0 spiro atoms. The van der Waals surface area contributed by atoms with Crippen LogP contribution in [0.1, 0.15) is 55.4 Å². The highest BCUT2D eigenvalue weighted by molar-refractivity contribution is 5.97. The van der Waals surface area contributed by atoms with Crippen molar-refractivity contribution in [1.29, 1.82) is 0 Å². The number of nitrogens with one attached hydrogen (secondary N) is 1. The highest BCUT2D eigenvalue weighted by Gasteiger charge is 2.29. The second-order valence-corrected chi connectivity index (χ2v) is 6.96. The van der Waals surface area contributed by atoms with Gasteiger partial charge >= 0.3 is 0 Å². The van der Waals surface area contributed by atoms with E-state index in [4.69, 9.17) is 0 Å². The Balaban J connectivity index is 1.50. The predicted octanol–water partition coefficient (Wildman–Crippen LogP) is 1.90. The minimum Gasteiger partial charge on any atom is -0.347 e. The highest BCUT2D eigenvalue weighted by atomic mass is 16.2. The Hall–Kier alpha value is -2.44. The molecule has 0 radical (unpaired) electrons. The maximum Gasteiger partial charge on any atom is 0.253 e. The summed E-state index contributed by atoms with van der Waals surface area (Å²) in [5.74, 6) is -0.0998. The topological polar surface area (TPSA) is 80.1 Å². The van der Waals surface area contributed by atoms with Crippen LogP contribution in [0.4, 0.5) is 0 Å². The number of carbonyl (C=O) groups excluding carboxylic acids is 2. The molecule has 1 aliphatic heterocycles. The average Bonchev–Trinajstić information content (AvgIpc) is 3.32. The molecule has 1 saturated carbocycles. The molecule has 1 unspecified atom stereocenters. The third-order valence-corrected chi connectivity index (χ3v) is 5.32. The Morgan fingerprint density at radius 3 is 2.84 bits per heavy atom. The number of pyridine rings is 1. The summed E-state index contributed by atoms with van der Waals surface area (Å²) in [7, 11) is 0. The van der Waals surface area contributed by atoms with E-state index in [1.807, 2.05) is 13.3 Å². The molecule has 1 aliphatic carbocycles. The van der Waals surface area contributed by atoms with Crippen LogP contribution in [-0.4, -0.2) is 50.4 Å². The van der Waals surface area contributed by atoms with Crippen molar-refractivity contribution in [2.75, 3.05) is 13.1 Å². The smallest absolute Gasteiger partial charge is 0.253 e. The lowest BCUT2D eigenvalue weighted by Crippen LogP contribution is -2.37. The SMILES string of the molecule is CCN1CC(NC(=O)c2cnc3c(c2)ncn3C2CCCC2)CC1=O. The van der Waals surface area contributed by atoms with Crippen molar-refractivity contribution in [3.05, 3.63) is 24.2 Å². The first-order valence-electron chi connectivity index (χ1n) is 9.07. The predicted molar refractivity (Wildman–Crippen MR) is 93.2 cm³/mol. The third-order valence-electron chi connectivity index (χ3n) is 5.32. The largest absolute Gasteiger partial charge is 0.347 e. The van der Waals surface area contributed by atoms with E-state index in [1.165, 1.54) is 25.7 Å². The molecule has 0 bridgehead atoms. The lowest BCUT2D eigenvalue weighted by Gasteiger charge is -2.14. The van der Waals surface area contributed by atoms with Gasteiger partial charge in [-0.05, 0) is 25.8 Å². The fraction of sp³-hybridized carbons (Fsp3) is 0.556. The van der Waals surface area contributed by atoms with Gasteiger partial charge in [-0.1, -0.05) is 12.8 Å². The summed E-state index contributed by atoms with van der Waals surface area (Å²) in [4.78, 5) is 35.0. The van der Waals surface area contributed by atoms with E-state index in [-0.39, 0.29) is 17.9 Å². The number of fused-ring (bicyclic) bond motifs is 1. The Morgan fingerprint density at radius 2 is 2.12 bits per heavy atom. The number of imidazole rings is 1. The first-order valence-corrected chi connectivity index (χ1v) is 9.07. The van der Waals surface area contributed by atoms with E-state index >= 15 is 0 Å². The average molecular weight is 341 g/mol. The molecule has 4 rings (SSSR count). The number of carbonyl (C=O) groups is 2. The van der Waals surface area contributed by atoms with Crippen molar-refractivity contribution in [1.82, 2.24) is 24.8 Å². The number of hydrogen-bond donors (Lipinski definition) is 1. The van der Waals surface area contributed by atoms with Gasteiger partial charge in [0, 0.05) is 31.7 Å². The van der Waals surface area contributed by atoms with Crippen molar-refractivity contribution in [2.24, 2.45) is 0 Å². The van der Waals surface area contributed by atoms with Gasteiger partial charge in [-0.15, -0.1) is 0 Å². The number of aromatic nitrogens is 3. The van der Waals surface area contributed by atoms with Gasteiger partial charge in [-0.2, -0.15) is 0 Å². The van der Waals surface area contributed by atoms with Crippen molar-refractivity contribution >= 4 is 23.0 Å². The first kappa shape index (κ1) is 16.1. The molecule has 2 aromatic rings.